The number of hydrogen-bond acceptors (Lipinski definition) is 2. The van der Waals surface area contributed by atoms with Gasteiger partial charge in [0.25, 0.3) is 0 Å². The van der Waals surface area contributed by atoms with Crippen LogP contribution in [0.2, 0.25) is 0 Å². The second kappa shape index (κ2) is 39.9. The predicted octanol–water partition coefficient (Wildman–Crippen LogP) is 18.5. The van der Waals surface area contributed by atoms with Crippen molar-refractivity contribution in [2.45, 2.75) is 279 Å². The van der Waals surface area contributed by atoms with Crippen LogP contribution in [0.1, 0.15) is 279 Å². The maximum absolute atomic E-state index is 14.0. The summed E-state index contributed by atoms with van der Waals surface area (Å²) < 4.78 is 7.27. The summed E-state index contributed by atoms with van der Waals surface area (Å²) in [5.41, 5.74) is 0. The summed E-state index contributed by atoms with van der Waals surface area (Å²) in [6.45, 7) is 8.96. The molecule has 0 amide bonds. The van der Waals surface area contributed by atoms with Crippen molar-refractivity contribution in [3.63, 3.8) is 0 Å². The van der Waals surface area contributed by atoms with Crippen molar-refractivity contribution < 1.29 is 9.32 Å². The minimum Gasteiger partial charge on any atom is -0.0654 e. The first kappa shape index (κ1) is 52.6. The molecule has 53 heavy (non-hydrogen) atoms. The molecule has 0 rings (SSSR count). The summed E-state index contributed by atoms with van der Waals surface area (Å²) in [6.07, 6.45) is 59.4. The summed E-state index contributed by atoms with van der Waals surface area (Å²) in [5, 5.41) is 0. The van der Waals surface area contributed by atoms with Crippen molar-refractivity contribution in [2.75, 3.05) is 24.6 Å². The van der Waals surface area contributed by atoms with Crippen LogP contribution in [0.4, 0.5) is 0 Å². The molecule has 0 aliphatic rings. The van der Waals surface area contributed by atoms with E-state index >= 15 is 0 Å². The number of unbranched alkanes of at least 4 members (excludes halogenated alkanes) is 31. The number of allylic oxidation sites excluding steroid dienone is 2. The van der Waals surface area contributed by atoms with Crippen molar-refractivity contribution in [3.8, 4) is 0 Å². The second-order valence-corrected chi connectivity index (χ2v) is 23.3. The SMILES string of the molecule is CCCCCCCC/C=C\CCCCCCCC(=O)OP(CCCCCC)(CCCCCC)(CCCCCC)CCCCCCCCCCCCCC. The van der Waals surface area contributed by atoms with Gasteiger partial charge >= 0.3 is 279 Å². The van der Waals surface area contributed by atoms with Gasteiger partial charge in [0, 0.05) is 0 Å². The molecule has 0 saturated carbocycles. The molecule has 318 valence electrons. The zero-order valence-electron chi connectivity index (χ0n) is 37.6. The van der Waals surface area contributed by atoms with Gasteiger partial charge in [-0.1, -0.05) is 52.4 Å². The zero-order chi connectivity index (χ0) is 38.8. The van der Waals surface area contributed by atoms with E-state index in [0.717, 1.165) is 6.42 Å². The van der Waals surface area contributed by atoms with Gasteiger partial charge in [-0.2, -0.15) is 0 Å². The Hall–Kier alpha value is -0.360. The minimum absolute atomic E-state index is 0.181. The molecule has 0 heterocycles. The fraction of sp³-hybridized carbons (Fsp3) is 0.940. The van der Waals surface area contributed by atoms with Gasteiger partial charge in [-0.3, -0.25) is 0 Å². The Kier molecular flexibility index (Phi) is 39.6. The van der Waals surface area contributed by atoms with Crippen LogP contribution in [-0.4, -0.2) is 30.6 Å². The van der Waals surface area contributed by atoms with E-state index < -0.39 is 6.83 Å². The molecule has 0 aliphatic heterocycles. The van der Waals surface area contributed by atoms with Crippen LogP contribution in [0.25, 0.3) is 0 Å². The molecule has 0 aliphatic carbocycles. The summed E-state index contributed by atoms with van der Waals surface area (Å²) in [4.78, 5) is 14.0. The normalized spacial score (nSPS) is 12.8. The molecule has 0 fully saturated rings. The van der Waals surface area contributed by atoms with Crippen LogP contribution >= 0.6 is 6.83 Å². The Morgan fingerprint density at radius 2 is 0.585 bits per heavy atom. The monoisotopic (exact) mass is 765 g/mol. The van der Waals surface area contributed by atoms with Crippen LogP contribution in [0.3, 0.4) is 0 Å². The van der Waals surface area contributed by atoms with Crippen molar-refractivity contribution in [3.05, 3.63) is 12.2 Å². The van der Waals surface area contributed by atoms with Crippen LogP contribution < -0.4 is 0 Å². The summed E-state index contributed by atoms with van der Waals surface area (Å²) in [5.74, 6) is 0.181. The van der Waals surface area contributed by atoms with Gasteiger partial charge < -0.3 is 0 Å². The van der Waals surface area contributed by atoms with Crippen molar-refractivity contribution in [2.24, 2.45) is 0 Å². The quantitative estimate of drug-likeness (QED) is 0.0351. The molecule has 0 bridgehead atoms. The Morgan fingerprint density at radius 1 is 0.340 bits per heavy atom. The topological polar surface area (TPSA) is 26.3 Å². The molecule has 0 saturated heterocycles. The first-order valence-corrected chi connectivity index (χ1v) is 27.8. The zero-order valence-corrected chi connectivity index (χ0v) is 38.5. The van der Waals surface area contributed by atoms with E-state index in [-0.39, 0.29) is 5.97 Å². The average molecular weight is 765 g/mol. The smallest absolute Gasteiger partial charge is 0.0654 e. The van der Waals surface area contributed by atoms with Crippen LogP contribution in [0, 0.1) is 0 Å². The van der Waals surface area contributed by atoms with E-state index in [1.807, 2.05) is 0 Å². The maximum atomic E-state index is 14.0. The third-order valence-electron chi connectivity index (χ3n) is 12.3. The van der Waals surface area contributed by atoms with Crippen LogP contribution in [-0.2, 0) is 9.32 Å². The third kappa shape index (κ3) is 32.4. The van der Waals surface area contributed by atoms with Gasteiger partial charge in [-0.15, -0.1) is 0 Å². The molecule has 2 nitrogen and oxygen atoms in total. The van der Waals surface area contributed by atoms with Gasteiger partial charge in [0.15, 0.2) is 0 Å². The minimum atomic E-state index is -2.63. The van der Waals surface area contributed by atoms with E-state index in [1.165, 1.54) is 256 Å². The standard InChI is InChI=1S/C50H101O2P/c1-6-11-16-21-23-25-27-29-30-31-32-34-36-38-40-45-50(51)52-53(46-41-18-13-8-3,47-42-19-14-9-4,48-43-20-15-10-5)49-44-39-37-35-33-28-26-24-22-17-12-7-2/h29-30H,6-28,31-49H2,1-5H3/b30-29-. The van der Waals surface area contributed by atoms with E-state index in [0.29, 0.717) is 6.42 Å². The molecule has 0 aromatic heterocycles. The molecule has 0 unspecified atom stereocenters. The molecule has 0 spiro atoms. The number of carbonyl (C=O) groups is 1. The van der Waals surface area contributed by atoms with Crippen LogP contribution in [0.15, 0.2) is 12.2 Å². The molecule has 0 N–H and O–H groups in total. The Bertz CT molecular complexity index is 741. The van der Waals surface area contributed by atoms with Crippen molar-refractivity contribution in [1.82, 2.24) is 0 Å². The van der Waals surface area contributed by atoms with Gasteiger partial charge in [0.1, 0.15) is 0 Å². The first-order valence-electron chi connectivity index (χ1n) is 24.9. The second-order valence-electron chi connectivity index (χ2n) is 17.6. The molecule has 0 aromatic rings. The Balaban J connectivity index is 5.23. The fourth-order valence-electron chi connectivity index (χ4n) is 8.70. The van der Waals surface area contributed by atoms with E-state index in [9.17, 15) is 4.79 Å². The van der Waals surface area contributed by atoms with Gasteiger partial charge in [-0.05, 0) is 6.42 Å². The number of rotatable bonds is 44. The van der Waals surface area contributed by atoms with Gasteiger partial charge in [0.2, 0.25) is 0 Å². The van der Waals surface area contributed by atoms with Gasteiger partial charge in [-0.25, -0.2) is 0 Å². The predicted molar refractivity (Wildman–Crippen MR) is 245 cm³/mol. The van der Waals surface area contributed by atoms with Gasteiger partial charge in [0.05, 0.1) is 0 Å². The van der Waals surface area contributed by atoms with E-state index in [1.54, 1.807) is 0 Å². The summed E-state index contributed by atoms with van der Waals surface area (Å²) >= 11 is 0. The first-order chi connectivity index (χ1) is 26.0. The van der Waals surface area contributed by atoms with Crippen molar-refractivity contribution in [1.29, 1.82) is 0 Å². The van der Waals surface area contributed by atoms with Crippen molar-refractivity contribution >= 4 is 12.8 Å². The average Bonchev–Trinajstić information content (AvgIpc) is 3.16. The molecule has 0 radical (unpaired) electrons. The number of carbonyl (C=O) groups excluding carboxylic acids is 1. The molecule has 0 aromatic carbocycles. The van der Waals surface area contributed by atoms with Crippen LogP contribution in [0.5, 0.6) is 0 Å². The summed E-state index contributed by atoms with van der Waals surface area (Å²) in [7, 11) is 0. The fourth-order valence-corrected chi connectivity index (χ4v) is 15.2. The Morgan fingerprint density at radius 3 is 0.906 bits per heavy atom. The Labute approximate surface area is 336 Å². The molecule has 3 heteroatoms. The number of hydrogen-bond donors (Lipinski definition) is 0. The van der Waals surface area contributed by atoms with E-state index in [4.69, 9.17) is 4.52 Å². The third-order valence-corrected chi connectivity index (χ3v) is 18.8. The summed E-state index contributed by atoms with van der Waals surface area (Å²) in [6, 6.07) is 0. The molecular weight excluding hydrogens is 664 g/mol. The molecule has 0 atom stereocenters. The molecular formula is C50H101O2P. The van der Waals surface area contributed by atoms with E-state index in [2.05, 4.69) is 46.8 Å².